The molecular weight excluding hydrogens is 358 g/mol. The molecule has 3 aromatic rings. The number of nitrogens with one attached hydrogen (secondary N) is 1. The molecule has 1 atom stereocenters. The third kappa shape index (κ3) is 2.74. The molecule has 0 aliphatic rings. The van der Waals surface area contributed by atoms with E-state index in [2.05, 4.69) is 9.97 Å². The smallest absolute Gasteiger partial charge is 0.339 e. The zero-order valence-electron chi connectivity index (χ0n) is 11.8. The average Bonchev–Trinajstić information content (AvgIpc) is 2.80. The van der Waals surface area contributed by atoms with Crippen molar-refractivity contribution in [2.75, 3.05) is 6.26 Å². The lowest BCUT2D eigenvalue weighted by Crippen LogP contribution is -2.11. The second kappa shape index (κ2) is 5.20. The van der Waals surface area contributed by atoms with Gasteiger partial charge in [0.05, 0.1) is 21.9 Å². The number of fused-ring (bicyclic) bond motifs is 3. The molecule has 0 spiro atoms. The third-order valence-electron chi connectivity index (χ3n) is 3.46. The van der Waals surface area contributed by atoms with Gasteiger partial charge in [0.15, 0.2) is 0 Å². The molecule has 128 valence electrons. The van der Waals surface area contributed by atoms with Crippen molar-refractivity contribution in [2.45, 2.75) is 17.4 Å². The molecule has 3 rings (SSSR count). The number of pyridine rings is 1. The van der Waals surface area contributed by atoms with Crippen molar-refractivity contribution in [1.29, 1.82) is 0 Å². The van der Waals surface area contributed by atoms with Crippen molar-refractivity contribution in [1.82, 2.24) is 9.97 Å². The van der Waals surface area contributed by atoms with Gasteiger partial charge >= 0.3 is 12.4 Å². The SMILES string of the molecule is CS(=O)c1nc2[nH]c3ccc(C(F)(F)F)cc3c2cc1C(F)(F)F. The highest BCUT2D eigenvalue weighted by molar-refractivity contribution is 7.84. The van der Waals surface area contributed by atoms with E-state index < -0.39 is 39.3 Å². The Labute approximate surface area is 133 Å². The molecule has 0 aliphatic carbocycles. The van der Waals surface area contributed by atoms with Gasteiger partial charge in [0.25, 0.3) is 0 Å². The number of alkyl halides is 6. The van der Waals surface area contributed by atoms with Gasteiger partial charge in [0.2, 0.25) is 0 Å². The molecule has 0 aliphatic heterocycles. The summed E-state index contributed by atoms with van der Waals surface area (Å²) >= 11 is 0. The molecular formula is C14H8F6N2OS. The minimum atomic E-state index is -4.83. The maximum atomic E-state index is 13.1. The van der Waals surface area contributed by atoms with Gasteiger partial charge in [-0.1, -0.05) is 0 Å². The van der Waals surface area contributed by atoms with Crippen molar-refractivity contribution in [3.63, 3.8) is 0 Å². The summed E-state index contributed by atoms with van der Waals surface area (Å²) in [7, 11) is -2.01. The van der Waals surface area contributed by atoms with Crippen LogP contribution in [0.15, 0.2) is 29.3 Å². The zero-order chi connectivity index (χ0) is 17.9. The van der Waals surface area contributed by atoms with Gasteiger partial charge in [-0.05, 0) is 24.3 Å². The second-order valence-electron chi connectivity index (χ2n) is 5.07. The highest BCUT2D eigenvalue weighted by atomic mass is 32.2. The summed E-state index contributed by atoms with van der Waals surface area (Å²) in [6, 6.07) is 3.38. The lowest BCUT2D eigenvalue weighted by Gasteiger charge is -2.10. The van der Waals surface area contributed by atoms with Gasteiger partial charge in [0.1, 0.15) is 10.7 Å². The first-order chi connectivity index (χ1) is 11.0. The summed E-state index contributed by atoms with van der Waals surface area (Å²) < 4.78 is 89.4. The van der Waals surface area contributed by atoms with Crippen LogP contribution < -0.4 is 0 Å². The Morgan fingerprint density at radius 1 is 1.00 bits per heavy atom. The molecule has 0 radical (unpaired) electrons. The van der Waals surface area contributed by atoms with E-state index in [1.54, 1.807) is 0 Å². The van der Waals surface area contributed by atoms with Crippen LogP contribution in [0.2, 0.25) is 0 Å². The molecule has 0 amide bonds. The molecule has 0 fully saturated rings. The summed E-state index contributed by atoms with van der Waals surface area (Å²) in [5.74, 6) is 0. The molecule has 10 heteroatoms. The minimum Gasteiger partial charge on any atom is -0.339 e. The van der Waals surface area contributed by atoms with E-state index >= 15 is 0 Å². The Balaban J connectivity index is 2.39. The van der Waals surface area contributed by atoms with E-state index in [1.807, 2.05) is 0 Å². The number of aromatic amines is 1. The Kier molecular flexibility index (Phi) is 3.63. The van der Waals surface area contributed by atoms with Crippen LogP contribution in [0.5, 0.6) is 0 Å². The van der Waals surface area contributed by atoms with Crippen LogP contribution >= 0.6 is 0 Å². The quantitative estimate of drug-likeness (QED) is 0.645. The first kappa shape index (κ1) is 16.7. The van der Waals surface area contributed by atoms with Crippen LogP contribution in [-0.2, 0) is 23.2 Å². The highest BCUT2D eigenvalue weighted by Gasteiger charge is 2.36. The van der Waals surface area contributed by atoms with E-state index in [9.17, 15) is 30.6 Å². The first-order valence-electron chi connectivity index (χ1n) is 6.43. The number of rotatable bonds is 1. The lowest BCUT2D eigenvalue weighted by atomic mass is 10.1. The topological polar surface area (TPSA) is 45.8 Å². The predicted octanol–water partition coefficient (Wildman–Crippen LogP) is 4.49. The first-order valence-corrected chi connectivity index (χ1v) is 7.98. The molecule has 1 N–H and O–H groups in total. The van der Waals surface area contributed by atoms with Gasteiger partial charge in [-0.25, -0.2) is 4.98 Å². The molecule has 1 unspecified atom stereocenters. The van der Waals surface area contributed by atoms with Crippen molar-refractivity contribution >= 4 is 32.7 Å². The van der Waals surface area contributed by atoms with Crippen LogP contribution in [0.4, 0.5) is 26.3 Å². The number of nitrogens with zero attached hydrogens (tertiary/aromatic N) is 1. The standard InChI is InChI=1S/C14H8F6N2OS/c1-24(23)12-9(14(18,19)20)5-8-7-4-6(13(15,16)17)2-3-10(7)21-11(8)22-12/h2-5H,1H3,(H,21,22). The lowest BCUT2D eigenvalue weighted by molar-refractivity contribution is -0.140. The van der Waals surface area contributed by atoms with Crippen LogP contribution in [0, 0.1) is 0 Å². The summed E-state index contributed by atoms with van der Waals surface area (Å²) in [4.78, 5) is 6.36. The number of halogens is 6. The van der Waals surface area contributed by atoms with E-state index in [-0.39, 0.29) is 21.9 Å². The van der Waals surface area contributed by atoms with Crippen molar-refractivity contribution in [3.05, 3.63) is 35.4 Å². The Bertz CT molecular complexity index is 973. The predicted molar refractivity (Wildman–Crippen MR) is 75.9 cm³/mol. The van der Waals surface area contributed by atoms with Crippen LogP contribution in [0.1, 0.15) is 11.1 Å². The van der Waals surface area contributed by atoms with Gasteiger partial charge in [-0.2, -0.15) is 26.3 Å². The van der Waals surface area contributed by atoms with Crippen LogP contribution in [-0.4, -0.2) is 20.4 Å². The van der Waals surface area contributed by atoms with Crippen molar-refractivity contribution in [3.8, 4) is 0 Å². The minimum absolute atomic E-state index is 0.0359. The van der Waals surface area contributed by atoms with Crippen molar-refractivity contribution < 1.29 is 30.6 Å². The van der Waals surface area contributed by atoms with E-state index in [0.29, 0.717) is 6.07 Å². The van der Waals surface area contributed by atoms with Crippen molar-refractivity contribution in [2.24, 2.45) is 0 Å². The van der Waals surface area contributed by atoms with Gasteiger partial charge in [-0.3, -0.25) is 4.21 Å². The molecule has 1 aromatic carbocycles. The fraction of sp³-hybridized carbons (Fsp3) is 0.214. The number of benzene rings is 1. The van der Waals surface area contributed by atoms with E-state index in [4.69, 9.17) is 0 Å². The van der Waals surface area contributed by atoms with Crippen LogP contribution in [0.25, 0.3) is 21.9 Å². The molecule has 0 saturated carbocycles. The number of aromatic nitrogens is 2. The summed E-state index contributed by atoms with van der Waals surface area (Å²) in [5, 5.41) is -0.818. The van der Waals surface area contributed by atoms with Gasteiger partial charge < -0.3 is 4.98 Å². The molecule has 3 nitrogen and oxygen atoms in total. The molecule has 0 bridgehead atoms. The van der Waals surface area contributed by atoms with E-state index in [0.717, 1.165) is 24.5 Å². The zero-order valence-corrected chi connectivity index (χ0v) is 12.7. The molecule has 2 heterocycles. The Hall–Kier alpha value is -2.10. The number of hydrogen-bond donors (Lipinski definition) is 1. The molecule has 24 heavy (non-hydrogen) atoms. The second-order valence-corrected chi connectivity index (χ2v) is 6.37. The summed E-state index contributed by atoms with van der Waals surface area (Å²) in [6.07, 6.45) is -8.40. The Morgan fingerprint density at radius 2 is 1.67 bits per heavy atom. The van der Waals surface area contributed by atoms with Gasteiger partial charge in [0, 0.05) is 22.5 Å². The third-order valence-corrected chi connectivity index (χ3v) is 4.31. The molecule has 2 aromatic heterocycles. The fourth-order valence-corrected chi connectivity index (χ4v) is 3.10. The maximum Gasteiger partial charge on any atom is 0.419 e. The monoisotopic (exact) mass is 366 g/mol. The highest BCUT2D eigenvalue weighted by Crippen LogP contribution is 2.38. The average molecular weight is 366 g/mol. The van der Waals surface area contributed by atoms with Gasteiger partial charge in [-0.15, -0.1) is 0 Å². The maximum absolute atomic E-state index is 13.1. The fourth-order valence-electron chi connectivity index (χ4n) is 2.40. The summed E-state index contributed by atoms with van der Waals surface area (Å²) in [5.41, 5.74) is -2.05. The molecule has 0 saturated heterocycles. The van der Waals surface area contributed by atoms with E-state index in [1.165, 1.54) is 0 Å². The number of H-pyrrole nitrogens is 1. The summed E-state index contributed by atoms with van der Waals surface area (Å²) in [6.45, 7) is 0. The largest absolute Gasteiger partial charge is 0.419 e. The number of hydrogen-bond acceptors (Lipinski definition) is 2. The van der Waals surface area contributed by atoms with Crippen LogP contribution in [0.3, 0.4) is 0 Å². The Morgan fingerprint density at radius 3 is 2.21 bits per heavy atom. The normalized spacial score (nSPS) is 14.5.